The molecule has 0 aromatic carbocycles. The van der Waals surface area contributed by atoms with Crippen LogP contribution in [0.3, 0.4) is 0 Å². The maximum atomic E-state index is 13.8. The topological polar surface area (TPSA) is 9.23 Å². The van der Waals surface area contributed by atoms with Gasteiger partial charge in [-0.25, -0.2) is 8.78 Å². The molecule has 0 unspecified atom stereocenters. The van der Waals surface area contributed by atoms with Gasteiger partial charge in [0.1, 0.15) is 0 Å². The number of ether oxygens (including phenoxy) is 1. The van der Waals surface area contributed by atoms with Gasteiger partial charge in [0.15, 0.2) is 0 Å². The molecule has 0 rings (SSSR count). The maximum absolute atomic E-state index is 13.8. The summed E-state index contributed by atoms with van der Waals surface area (Å²) in [7, 11) is 0. The molecule has 1 nitrogen and oxygen atoms in total. The van der Waals surface area contributed by atoms with Crippen molar-refractivity contribution in [3.63, 3.8) is 0 Å². The van der Waals surface area contributed by atoms with Crippen LogP contribution in [0.1, 0.15) is 0 Å². The fraction of sp³-hybridized carbons (Fsp3) is 0.714. The molecule has 0 aromatic heterocycles. The fourth-order valence-corrected chi connectivity index (χ4v) is 1.77. The highest BCUT2D eigenvalue weighted by molar-refractivity contribution is 5.30. The molecule has 0 aromatic rings. The van der Waals surface area contributed by atoms with E-state index >= 15 is 0 Å². The van der Waals surface area contributed by atoms with Gasteiger partial charge in [0.2, 0.25) is 23.2 Å². The summed E-state index contributed by atoms with van der Waals surface area (Å²) in [5.41, 5.74) is 0. The number of rotatable bonds is 8. The SMILES string of the molecule is FC(=C(OC(=C(F)C(F)(F)C(F)(F)F)C(F)(F)C(F)(F)C(F)(F)F)C(F)(F)C(F)(F)C(F)(F)F)C(F)(F)C(F)(F)F. The van der Waals surface area contributed by atoms with E-state index in [0.717, 1.165) is 0 Å². The van der Waals surface area contributed by atoms with Crippen molar-refractivity contribution in [2.45, 2.75) is 60.2 Å². The van der Waals surface area contributed by atoms with Crippen LogP contribution in [0.15, 0.2) is 23.2 Å². The third kappa shape index (κ3) is 6.16. The molecule has 0 bridgehead atoms. The number of allylic oxidation sites excluding steroid dienone is 4. The Balaban J connectivity index is 8.40. The molecule has 0 spiro atoms. The van der Waals surface area contributed by atoms with E-state index in [1.807, 2.05) is 0 Å². The summed E-state index contributed by atoms with van der Waals surface area (Å²) in [6.45, 7) is 0. The quantitative estimate of drug-likeness (QED) is 0.184. The summed E-state index contributed by atoms with van der Waals surface area (Å²) >= 11 is 0. The van der Waals surface area contributed by atoms with Crippen molar-refractivity contribution in [3.05, 3.63) is 23.2 Å². The maximum Gasteiger partial charge on any atom is 0.460 e. The Kier molecular flexibility index (Phi) is 9.41. The first-order chi connectivity index (χ1) is 17.3. The molecule has 0 amide bonds. The predicted octanol–water partition coefficient (Wildman–Crippen LogP) is 9.43. The van der Waals surface area contributed by atoms with Gasteiger partial charge in [-0.3, -0.25) is 0 Å². The Bertz CT molecular complexity index is 942. The van der Waals surface area contributed by atoms with Crippen LogP contribution in [-0.4, -0.2) is 60.2 Å². The first kappa shape index (κ1) is 38.5. The number of alkyl halides is 24. The zero-order chi connectivity index (χ0) is 34.0. The monoisotopic (exact) mass is 678 g/mol. The Morgan fingerprint density at radius 2 is 0.488 bits per heavy atom. The minimum Gasteiger partial charge on any atom is -0.447 e. The Morgan fingerprint density at radius 3 is 0.634 bits per heavy atom. The van der Waals surface area contributed by atoms with E-state index in [2.05, 4.69) is 0 Å². The summed E-state index contributed by atoms with van der Waals surface area (Å²) in [6.07, 6.45) is -32.2. The standard InChI is InChI=1S/C14F26O/c15-1(5(17,18)11(29,30)31)3(7(21,22)9(25,26)13(35,36)37)41-4(2(16)6(19,20)12(32,33)34)8(23,24)10(27,28)14(38,39)40. The lowest BCUT2D eigenvalue weighted by Crippen LogP contribution is -2.57. The highest BCUT2D eigenvalue weighted by atomic mass is 19.5. The van der Waals surface area contributed by atoms with Gasteiger partial charge in [-0.15, -0.1) is 0 Å². The first-order valence-corrected chi connectivity index (χ1v) is 8.32. The molecule has 0 N–H and O–H groups in total. The zero-order valence-corrected chi connectivity index (χ0v) is 17.2. The molecule has 0 atom stereocenters. The van der Waals surface area contributed by atoms with Gasteiger partial charge in [0, 0.05) is 0 Å². The van der Waals surface area contributed by atoms with E-state index in [9.17, 15) is 114 Å². The Labute approximate surface area is 204 Å². The minimum absolute atomic E-state index is 1.62. The first-order valence-electron chi connectivity index (χ1n) is 8.32. The molecule has 0 aliphatic rings. The molecular weight excluding hydrogens is 678 g/mol. The summed E-state index contributed by atoms with van der Waals surface area (Å²) in [6, 6.07) is 0. The Hall–Kier alpha value is -2.54. The van der Waals surface area contributed by atoms with Crippen molar-refractivity contribution in [1.82, 2.24) is 0 Å². The third-order valence-corrected chi connectivity index (χ3v) is 3.94. The van der Waals surface area contributed by atoms with E-state index in [1.54, 1.807) is 4.74 Å². The predicted molar refractivity (Wildman–Crippen MR) is 71.3 cm³/mol. The third-order valence-electron chi connectivity index (χ3n) is 3.94. The van der Waals surface area contributed by atoms with Gasteiger partial charge in [0.25, 0.3) is 0 Å². The second-order valence-electron chi connectivity index (χ2n) is 6.83. The van der Waals surface area contributed by atoms with Gasteiger partial charge >= 0.3 is 60.2 Å². The number of hydrogen-bond donors (Lipinski definition) is 0. The number of halogens is 26. The Morgan fingerprint density at radius 1 is 0.293 bits per heavy atom. The van der Waals surface area contributed by atoms with Crippen LogP contribution in [0, 0.1) is 0 Å². The van der Waals surface area contributed by atoms with Crippen molar-refractivity contribution < 1.29 is 119 Å². The average molecular weight is 678 g/mol. The van der Waals surface area contributed by atoms with Crippen LogP contribution in [0.25, 0.3) is 0 Å². The summed E-state index contributed by atoms with van der Waals surface area (Å²) < 4.78 is 337. The van der Waals surface area contributed by atoms with E-state index < -0.39 is 83.4 Å². The molecule has 0 saturated carbocycles. The van der Waals surface area contributed by atoms with Gasteiger partial charge in [-0.05, 0) is 0 Å². The van der Waals surface area contributed by atoms with Crippen molar-refractivity contribution in [2.75, 3.05) is 0 Å². The van der Waals surface area contributed by atoms with Crippen molar-refractivity contribution in [1.29, 1.82) is 0 Å². The lowest BCUT2D eigenvalue weighted by molar-refractivity contribution is -0.360. The van der Waals surface area contributed by atoms with Gasteiger partial charge < -0.3 is 4.74 Å². The molecule has 0 fully saturated rings. The van der Waals surface area contributed by atoms with E-state index in [0.29, 0.717) is 0 Å². The van der Waals surface area contributed by atoms with Crippen molar-refractivity contribution in [3.8, 4) is 0 Å². The van der Waals surface area contributed by atoms with E-state index in [-0.39, 0.29) is 0 Å². The molecular formula is C14F26O. The molecule has 244 valence electrons. The molecule has 0 radical (unpaired) electrons. The van der Waals surface area contributed by atoms with Gasteiger partial charge in [-0.2, -0.15) is 105 Å². The average Bonchev–Trinajstić information content (AvgIpc) is 2.69. The smallest absolute Gasteiger partial charge is 0.447 e. The second kappa shape index (κ2) is 10.0. The van der Waals surface area contributed by atoms with E-state index in [1.165, 1.54) is 0 Å². The molecule has 41 heavy (non-hydrogen) atoms. The molecule has 0 aliphatic heterocycles. The number of hydrogen-bond acceptors (Lipinski definition) is 1. The van der Waals surface area contributed by atoms with Gasteiger partial charge in [-0.1, -0.05) is 0 Å². The highest BCUT2D eigenvalue weighted by Crippen LogP contribution is 2.58. The molecule has 27 heteroatoms. The summed E-state index contributed by atoms with van der Waals surface area (Å²) in [5, 5.41) is 0. The van der Waals surface area contributed by atoms with E-state index in [4.69, 9.17) is 0 Å². The van der Waals surface area contributed by atoms with Crippen LogP contribution in [-0.2, 0) is 4.74 Å². The second-order valence-corrected chi connectivity index (χ2v) is 6.83. The molecule has 0 saturated heterocycles. The van der Waals surface area contributed by atoms with Crippen LogP contribution < -0.4 is 0 Å². The summed E-state index contributed by atoms with van der Waals surface area (Å²) in [4.78, 5) is 0. The lowest BCUT2D eigenvalue weighted by Gasteiger charge is -2.34. The molecule has 0 aliphatic carbocycles. The van der Waals surface area contributed by atoms with Crippen LogP contribution >= 0.6 is 0 Å². The summed E-state index contributed by atoms with van der Waals surface area (Å²) in [5.74, 6) is -74.0. The largest absolute Gasteiger partial charge is 0.460 e. The van der Waals surface area contributed by atoms with Gasteiger partial charge in [0.05, 0.1) is 0 Å². The van der Waals surface area contributed by atoms with Crippen LogP contribution in [0.2, 0.25) is 0 Å². The minimum atomic E-state index is -8.60. The lowest BCUT2D eigenvalue weighted by atomic mass is 10.0. The highest BCUT2D eigenvalue weighted by Gasteiger charge is 2.81. The zero-order valence-electron chi connectivity index (χ0n) is 17.2. The van der Waals surface area contributed by atoms with Crippen LogP contribution in [0.5, 0.6) is 0 Å². The van der Waals surface area contributed by atoms with Crippen LogP contribution in [0.4, 0.5) is 114 Å². The fourth-order valence-electron chi connectivity index (χ4n) is 1.77. The van der Waals surface area contributed by atoms with Crippen molar-refractivity contribution >= 4 is 0 Å². The molecule has 0 heterocycles. The normalized spacial score (nSPS) is 17.3. The van der Waals surface area contributed by atoms with Crippen molar-refractivity contribution in [2.24, 2.45) is 0 Å².